The van der Waals surface area contributed by atoms with Gasteiger partial charge in [0.15, 0.2) is 6.34 Å². The summed E-state index contributed by atoms with van der Waals surface area (Å²) in [6.07, 6.45) is 5.69. The molecule has 1 aliphatic heterocycles. The highest BCUT2D eigenvalue weighted by Gasteiger charge is 2.17. The molecule has 1 unspecified atom stereocenters. The fraction of sp³-hybridized carbons (Fsp3) is 0.500. The lowest BCUT2D eigenvalue weighted by Gasteiger charge is -2.19. The molecule has 0 radical (unpaired) electrons. The summed E-state index contributed by atoms with van der Waals surface area (Å²) < 4.78 is 0.740. The molecule has 0 aromatic carbocycles. The van der Waals surface area contributed by atoms with E-state index >= 15 is 0 Å². The molecule has 1 atom stereocenters. The topological polar surface area (TPSA) is 12.4 Å². The zero-order chi connectivity index (χ0) is 6.74. The molecule has 0 spiro atoms. The second-order valence-corrected chi connectivity index (χ2v) is 2.70. The Morgan fingerprint density at radius 2 is 2.44 bits per heavy atom. The average Bonchev–Trinajstić information content (AvgIpc) is 2.16. The Bertz CT molecular complexity index is 139. The van der Waals surface area contributed by atoms with Crippen LogP contribution in [0.25, 0.3) is 0 Å². The minimum Gasteiger partial charge on any atom is -0.255 e. The van der Waals surface area contributed by atoms with Crippen molar-refractivity contribution in [3.8, 4) is 0 Å². The molecular weight excluding hydrogens is 136 g/mol. The Balaban J connectivity index is 2.53. The van der Waals surface area contributed by atoms with Crippen molar-refractivity contribution in [3.05, 3.63) is 12.4 Å². The third-order valence-electron chi connectivity index (χ3n) is 1.39. The van der Waals surface area contributed by atoms with Gasteiger partial charge < -0.3 is 0 Å². The summed E-state index contributed by atoms with van der Waals surface area (Å²) >= 11 is 5.56. The molecule has 50 valence electrons. The van der Waals surface area contributed by atoms with Crippen molar-refractivity contribution in [2.75, 3.05) is 19.5 Å². The van der Waals surface area contributed by atoms with E-state index in [0.717, 1.165) is 11.0 Å². The summed E-state index contributed by atoms with van der Waals surface area (Å²) in [5, 5.41) is 0. The lowest BCUT2D eigenvalue weighted by atomic mass is 10.5. The molecule has 0 saturated carbocycles. The summed E-state index contributed by atoms with van der Waals surface area (Å²) in [7, 11) is 2.06. The monoisotopic (exact) mass is 145 g/mol. The van der Waals surface area contributed by atoms with Gasteiger partial charge in [0.25, 0.3) is 0 Å². The highest BCUT2D eigenvalue weighted by molar-refractivity contribution is 6.18. The van der Waals surface area contributed by atoms with Crippen molar-refractivity contribution >= 4 is 17.9 Å². The molecule has 0 aromatic rings. The van der Waals surface area contributed by atoms with E-state index in [1.54, 1.807) is 6.20 Å². The highest BCUT2D eigenvalue weighted by atomic mass is 35.5. The highest BCUT2D eigenvalue weighted by Crippen LogP contribution is 2.05. The molecule has 3 heteroatoms. The Morgan fingerprint density at radius 3 is 2.89 bits per heavy atom. The Kier molecular flexibility index (Phi) is 1.88. The van der Waals surface area contributed by atoms with Gasteiger partial charge in [0.2, 0.25) is 0 Å². The molecular formula is C6H10ClN2+. The quantitative estimate of drug-likeness (QED) is 0.409. The second kappa shape index (κ2) is 2.50. The van der Waals surface area contributed by atoms with Crippen LogP contribution in [0.5, 0.6) is 0 Å². The van der Waals surface area contributed by atoms with Gasteiger partial charge in [-0.1, -0.05) is 0 Å². The van der Waals surface area contributed by atoms with E-state index in [9.17, 15) is 0 Å². The number of nitrogens with zero attached hydrogens (tertiary/aromatic N) is 2. The van der Waals surface area contributed by atoms with Crippen LogP contribution in [0.15, 0.2) is 17.4 Å². The van der Waals surface area contributed by atoms with Crippen LogP contribution in [0.2, 0.25) is 0 Å². The lowest BCUT2D eigenvalue weighted by molar-refractivity contribution is -0.753. The van der Waals surface area contributed by atoms with E-state index in [1.165, 1.54) is 0 Å². The van der Waals surface area contributed by atoms with Crippen molar-refractivity contribution in [3.63, 3.8) is 0 Å². The predicted molar refractivity (Wildman–Crippen MR) is 39.4 cm³/mol. The van der Waals surface area contributed by atoms with Crippen molar-refractivity contribution in [2.24, 2.45) is 4.99 Å². The van der Waals surface area contributed by atoms with Gasteiger partial charge in [-0.05, 0) is 0 Å². The maximum Gasteiger partial charge on any atom is 0.194 e. The van der Waals surface area contributed by atoms with Crippen LogP contribution in [0.4, 0.5) is 0 Å². The molecule has 0 N–H and O–H groups in total. The summed E-state index contributed by atoms with van der Waals surface area (Å²) in [5.41, 5.74) is 0. The fourth-order valence-electron chi connectivity index (χ4n) is 0.734. The molecule has 0 aromatic heterocycles. The van der Waals surface area contributed by atoms with Crippen LogP contribution in [-0.4, -0.2) is 30.3 Å². The Labute approximate surface area is 60.0 Å². The number of halogens is 1. The first-order valence-electron chi connectivity index (χ1n) is 2.90. The molecule has 0 saturated heterocycles. The zero-order valence-corrected chi connectivity index (χ0v) is 6.17. The maximum atomic E-state index is 5.56. The van der Waals surface area contributed by atoms with Gasteiger partial charge in [-0.2, -0.15) is 0 Å². The van der Waals surface area contributed by atoms with Crippen molar-refractivity contribution in [2.45, 2.75) is 0 Å². The summed E-state index contributed by atoms with van der Waals surface area (Å²) in [5.74, 6) is 0.673. The number of alkyl halides is 1. The van der Waals surface area contributed by atoms with Crippen LogP contribution in [0, 0.1) is 0 Å². The number of hydrogen-bond acceptors (Lipinski definition) is 1. The third-order valence-corrected chi connectivity index (χ3v) is 1.56. The van der Waals surface area contributed by atoms with Crippen molar-refractivity contribution < 1.29 is 4.48 Å². The van der Waals surface area contributed by atoms with Gasteiger partial charge in [0, 0.05) is 0 Å². The molecule has 0 bridgehead atoms. The number of aliphatic imine (C=N–C) groups is 1. The first-order valence-corrected chi connectivity index (χ1v) is 3.43. The lowest BCUT2D eigenvalue weighted by Crippen LogP contribution is -2.36. The van der Waals surface area contributed by atoms with Gasteiger partial charge in [0.05, 0.1) is 19.1 Å². The third kappa shape index (κ3) is 1.53. The first kappa shape index (κ1) is 6.78. The fourth-order valence-corrected chi connectivity index (χ4v) is 1.10. The molecule has 0 aliphatic carbocycles. The summed E-state index contributed by atoms with van der Waals surface area (Å²) in [6.45, 7) is 0.918. The van der Waals surface area contributed by atoms with Gasteiger partial charge >= 0.3 is 0 Å². The van der Waals surface area contributed by atoms with Gasteiger partial charge in [0.1, 0.15) is 12.7 Å². The minimum absolute atomic E-state index is 0.673. The van der Waals surface area contributed by atoms with Gasteiger partial charge in [-0.25, -0.2) is 4.99 Å². The number of hydrogen-bond donors (Lipinski definition) is 0. The summed E-state index contributed by atoms with van der Waals surface area (Å²) in [4.78, 5) is 3.96. The van der Waals surface area contributed by atoms with E-state index in [2.05, 4.69) is 12.0 Å². The SMILES string of the molecule is C[N+]1(CCCl)C=CN=C1. The smallest absolute Gasteiger partial charge is 0.194 e. The predicted octanol–water partition coefficient (Wildman–Crippen LogP) is 1.18. The first-order chi connectivity index (χ1) is 4.27. The average molecular weight is 146 g/mol. The van der Waals surface area contributed by atoms with Crippen molar-refractivity contribution in [1.29, 1.82) is 0 Å². The Hall–Kier alpha value is -0.340. The molecule has 0 amide bonds. The minimum atomic E-state index is 0.673. The van der Waals surface area contributed by atoms with Gasteiger partial charge in [-0.15, -0.1) is 11.6 Å². The molecule has 0 fully saturated rings. The van der Waals surface area contributed by atoms with Crippen LogP contribution < -0.4 is 0 Å². The normalized spacial score (nSPS) is 31.8. The standard InChI is InChI=1S/C6H10ClN2/c1-9(4-2-7)5-3-8-6-9/h3,5-6H,2,4H2,1H3/q+1. The van der Waals surface area contributed by atoms with E-state index < -0.39 is 0 Å². The van der Waals surface area contributed by atoms with Gasteiger partial charge in [-0.3, -0.25) is 4.48 Å². The van der Waals surface area contributed by atoms with Crippen LogP contribution in [0.1, 0.15) is 0 Å². The van der Waals surface area contributed by atoms with Crippen LogP contribution in [0.3, 0.4) is 0 Å². The molecule has 2 nitrogen and oxygen atoms in total. The molecule has 1 aliphatic rings. The van der Waals surface area contributed by atoms with Crippen LogP contribution >= 0.6 is 11.6 Å². The van der Waals surface area contributed by atoms with Crippen LogP contribution in [-0.2, 0) is 0 Å². The van der Waals surface area contributed by atoms with E-state index in [4.69, 9.17) is 11.6 Å². The zero-order valence-electron chi connectivity index (χ0n) is 5.42. The maximum absolute atomic E-state index is 5.56. The summed E-state index contributed by atoms with van der Waals surface area (Å²) in [6, 6.07) is 0. The molecule has 9 heavy (non-hydrogen) atoms. The molecule has 1 rings (SSSR count). The van der Waals surface area contributed by atoms with E-state index in [0.29, 0.717) is 5.88 Å². The largest absolute Gasteiger partial charge is 0.255 e. The van der Waals surface area contributed by atoms with E-state index in [1.807, 2.05) is 12.5 Å². The number of rotatable bonds is 2. The second-order valence-electron chi connectivity index (χ2n) is 2.32. The number of quaternary nitrogens is 1. The van der Waals surface area contributed by atoms with E-state index in [-0.39, 0.29) is 0 Å². The van der Waals surface area contributed by atoms with Crippen molar-refractivity contribution in [1.82, 2.24) is 0 Å². The Morgan fingerprint density at radius 1 is 1.67 bits per heavy atom. The molecule has 1 heterocycles.